The molecule has 1 rings (SSSR count). The van der Waals surface area contributed by atoms with Crippen molar-refractivity contribution in [1.82, 2.24) is 4.90 Å². The van der Waals surface area contributed by atoms with Gasteiger partial charge in [-0.05, 0) is 24.7 Å². The van der Waals surface area contributed by atoms with Gasteiger partial charge in [-0.1, -0.05) is 33.0 Å². The van der Waals surface area contributed by atoms with Crippen molar-refractivity contribution in [2.45, 2.75) is 39.7 Å². The second-order valence-corrected chi connectivity index (χ2v) is 5.20. The summed E-state index contributed by atoms with van der Waals surface area (Å²) < 4.78 is 0. The Balaban J connectivity index is 2.61. The lowest BCUT2D eigenvalue weighted by molar-refractivity contribution is 0.120. The molecule has 0 aromatic carbocycles. The summed E-state index contributed by atoms with van der Waals surface area (Å²) in [4.78, 5) is 3.12. The molecule has 2 nitrogen and oxygen atoms in total. The van der Waals surface area contributed by atoms with Crippen LogP contribution in [0, 0.1) is 11.8 Å². The lowest BCUT2D eigenvalue weighted by Crippen LogP contribution is -2.49. The van der Waals surface area contributed by atoms with E-state index in [1.807, 2.05) is 0 Å². The molecule has 14 heavy (non-hydrogen) atoms. The topological polar surface area (TPSA) is 29.3 Å². The van der Waals surface area contributed by atoms with Gasteiger partial charge in [0.15, 0.2) is 0 Å². The Morgan fingerprint density at radius 2 is 1.93 bits per heavy atom. The first kappa shape index (κ1) is 11.9. The highest BCUT2D eigenvalue weighted by Crippen LogP contribution is 2.23. The van der Waals surface area contributed by atoms with Crippen LogP contribution in [0.4, 0.5) is 0 Å². The van der Waals surface area contributed by atoms with Crippen LogP contribution in [0.3, 0.4) is 0 Å². The third kappa shape index (κ3) is 2.92. The van der Waals surface area contributed by atoms with Crippen LogP contribution in [0.5, 0.6) is 0 Å². The summed E-state index contributed by atoms with van der Waals surface area (Å²) >= 11 is 5.11. The number of nitrogens with two attached hydrogens (primary N) is 1. The number of rotatable bonds is 3. The van der Waals surface area contributed by atoms with Gasteiger partial charge in [0, 0.05) is 13.1 Å². The van der Waals surface area contributed by atoms with Gasteiger partial charge in [-0.25, -0.2) is 0 Å². The number of nitrogens with zero attached hydrogens (tertiary/aromatic N) is 1. The fraction of sp³-hybridized carbons (Fsp3) is 0.909. The number of hydrogen-bond donors (Lipinski definition) is 1. The van der Waals surface area contributed by atoms with Gasteiger partial charge in [-0.3, -0.25) is 4.90 Å². The van der Waals surface area contributed by atoms with E-state index >= 15 is 0 Å². The van der Waals surface area contributed by atoms with E-state index < -0.39 is 0 Å². The molecular formula is C11H22N2S. The molecular weight excluding hydrogens is 192 g/mol. The highest BCUT2D eigenvalue weighted by Gasteiger charge is 2.27. The van der Waals surface area contributed by atoms with Gasteiger partial charge >= 0.3 is 0 Å². The van der Waals surface area contributed by atoms with E-state index in [4.69, 9.17) is 18.0 Å². The first-order valence-corrected chi connectivity index (χ1v) is 5.98. The Morgan fingerprint density at radius 1 is 1.43 bits per heavy atom. The van der Waals surface area contributed by atoms with E-state index in [0.29, 0.717) is 11.0 Å². The second kappa shape index (κ2) is 5.08. The number of thiocarbonyl (C=S) groups is 1. The molecule has 1 heterocycles. The molecule has 0 radical (unpaired) electrons. The summed E-state index contributed by atoms with van der Waals surface area (Å²) in [6, 6.07) is 0.315. The zero-order chi connectivity index (χ0) is 10.7. The summed E-state index contributed by atoms with van der Waals surface area (Å²) in [5.41, 5.74) is 5.76. The van der Waals surface area contributed by atoms with Crippen molar-refractivity contribution in [3.8, 4) is 0 Å². The summed E-state index contributed by atoms with van der Waals surface area (Å²) in [6.07, 6.45) is 2.37. The summed E-state index contributed by atoms with van der Waals surface area (Å²) in [7, 11) is 0. The lowest BCUT2D eigenvalue weighted by atomic mass is 9.90. The van der Waals surface area contributed by atoms with Crippen molar-refractivity contribution < 1.29 is 0 Å². The quantitative estimate of drug-likeness (QED) is 0.729. The molecule has 2 N–H and O–H groups in total. The van der Waals surface area contributed by atoms with Gasteiger partial charge in [-0.2, -0.15) is 0 Å². The van der Waals surface area contributed by atoms with E-state index in [-0.39, 0.29) is 0 Å². The Morgan fingerprint density at radius 3 is 2.29 bits per heavy atom. The van der Waals surface area contributed by atoms with Crippen molar-refractivity contribution in [2.24, 2.45) is 17.6 Å². The first-order valence-electron chi connectivity index (χ1n) is 5.58. The van der Waals surface area contributed by atoms with E-state index in [1.165, 1.54) is 6.42 Å². The van der Waals surface area contributed by atoms with Gasteiger partial charge in [0.2, 0.25) is 0 Å². The van der Waals surface area contributed by atoms with Crippen molar-refractivity contribution in [2.75, 3.05) is 13.1 Å². The molecule has 0 saturated carbocycles. The van der Waals surface area contributed by atoms with Gasteiger partial charge < -0.3 is 5.73 Å². The summed E-state index contributed by atoms with van der Waals surface area (Å²) in [5, 5.41) is 0. The predicted octanol–water partition coefficient (Wildman–Crippen LogP) is 2.03. The van der Waals surface area contributed by atoms with Gasteiger partial charge in [0.25, 0.3) is 0 Å². The highest BCUT2D eigenvalue weighted by atomic mass is 32.1. The normalized spacial score (nSPS) is 31.4. The molecule has 3 unspecified atom stereocenters. The maximum Gasteiger partial charge on any atom is 0.0901 e. The predicted molar refractivity (Wildman–Crippen MR) is 65.4 cm³/mol. The summed E-state index contributed by atoms with van der Waals surface area (Å²) in [6.45, 7) is 9.10. The Kier molecular flexibility index (Phi) is 4.32. The third-order valence-electron chi connectivity index (χ3n) is 3.05. The fourth-order valence-corrected chi connectivity index (χ4v) is 2.92. The lowest BCUT2D eigenvalue weighted by Gasteiger charge is -2.39. The van der Waals surface area contributed by atoms with E-state index in [9.17, 15) is 0 Å². The molecule has 3 heteroatoms. The highest BCUT2D eigenvalue weighted by molar-refractivity contribution is 7.80. The number of hydrogen-bond acceptors (Lipinski definition) is 2. The molecule has 1 aliphatic heterocycles. The maximum absolute atomic E-state index is 5.76. The second-order valence-electron chi connectivity index (χ2n) is 4.73. The van der Waals surface area contributed by atoms with E-state index in [0.717, 1.165) is 31.3 Å². The van der Waals surface area contributed by atoms with Crippen LogP contribution in [0.25, 0.3) is 0 Å². The third-order valence-corrected chi connectivity index (χ3v) is 3.33. The molecule has 0 aromatic rings. The molecule has 0 bridgehead atoms. The standard InChI is InChI=1S/C11H22N2S/c1-4-10(11(12)14)13-6-8(2)5-9(3)7-13/h8-10H,4-7H2,1-3H3,(H2,12,14). The van der Waals surface area contributed by atoms with E-state index in [2.05, 4.69) is 25.7 Å². The fourth-order valence-electron chi connectivity index (χ4n) is 2.60. The van der Waals surface area contributed by atoms with Crippen LogP contribution < -0.4 is 5.73 Å². The maximum atomic E-state index is 5.76. The largest absolute Gasteiger partial charge is 0.392 e. The molecule has 1 fully saturated rings. The number of likely N-dealkylation sites (tertiary alicyclic amines) is 1. The molecule has 0 amide bonds. The average Bonchev–Trinajstić information content (AvgIpc) is 2.02. The van der Waals surface area contributed by atoms with Crippen molar-refractivity contribution >= 4 is 17.2 Å². The van der Waals surface area contributed by atoms with Crippen LogP contribution in [-0.4, -0.2) is 29.0 Å². The minimum absolute atomic E-state index is 0.315. The number of piperidine rings is 1. The van der Waals surface area contributed by atoms with Crippen molar-refractivity contribution in [1.29, 1.82) is 0 Å². The van der Waals surface area contributed by atoms with Crippen LogP contribution >= 0.6 is 12.2 Å². The SMILES string of the molecule is CCC(C(N)=S)N1CC(C)CC(C)C1. The molecule has 0 aliphatic carbocycles. The zero-order valence-electron chi connectivity index (χ0n) is 9.49. The smallest absolute Gasteiger partial charge is 0.0901 e. The Labute approximate surface area is 92.8 Å². The van der Waals surface area contributed by atoms with Crippen LogP contribution in [-0.2, 0) is 0 Å². The van der Waals surface area contributed by atoms with Crippen molar-refractivity contribution in [3.63, 3.8) is 0 Å². The zero-order valence-corrected chi connectivity index (χ0v) is 10.3. The average molecular weight is 214 g/mol. The van der Waals surface area contributed by atoms with Crippen LogP contribution in [0.15, 0.2) is 0 Å². The Hall–Kier alpha value is -0.150. The summed E-state index contributed by atoms with van der Waals surface area (Å²) in [5.74, 6) is 1.56. The molecule has 0 aromatic heterocycles. The van der Waals surface area contributed by atoms with Crippen molar-refractivity contribution in [3.05, 3.63) is 0 Å². The van der Waals surface area contributed by atoms with Gasteiger partial charge in [0.1, 0.15) is 0 Å². The van der Waals surface area contributed by atoms with Gasteiger partial charge in [0.05, 0.1) is 11.0 Å². The molecule has 0 spiro atoms. The molecule has 1 saturated heterocycles. The van der Waals surface area contributed by atoms with Gasteiger partial charge in [-0.15, -0.1) is 0 Å². The monoisotopic (exact) mass is 214 g/mol. The van der Waals surface area contributed by atoms with E-state index in [1.54, 1.807) is 0 Å². The van der Waals surface area contributed by atoms with Crippen LogP contribution in [0.1, 0.15) is 33.6 Å². The minimum Gasteiger partial charge on any atom is -0.392 e. The molecule has 3 atom stereocenters. The molecule has 1 aliphatic rings. The van der Waals surface area contributed by atoms with Crippen LogP contribution in [0.2, 0.25) is 0 Å². The first-order chi connectivity index (χ1) is 6.54. The Bertz CT molecular complexity index is 195. The minimum atomic E-state index is 0.315. The molecule has 82 valence electrons.